The van der Waals surface area contributed by atoms with E-state index in [2.05, 4.69) is 19.3 Å². The molecule has 0 atom stereocenters. The molecule has 0 fully saturated rings. The average Bonchev–Trinajstić information content (AvgIpc) is 2.44. The maximum absolute atomic E-state index is 11.9. The molecular weight excluding hydrogens is 250 g/mol. The number of carbonyl (C=O) groups is 1. The number of nitrogens with one attached hydrogen (secondary N) is 1. The molecule has 0 spiro atoms. The van der Waals surface area contributed by atoms with Crippen molar-refractivity contribution < 1.29 is 9.63 Å². The van der Waals surface area contributed by atoms with Crippen LogP contribution in [0.2, 0.25) is 0 Å². The Morgan fingerprint density at radius 3 is 1.70 bits per heavy atom. The first-order chi connectivity index (χ1) is 9.76. The van der Waals surface area contributed by atoms with Crippen LogP contribution in [0.25, 0.3) is 0 Å². The number of amides is 1. The topological polar surface area (TPSA) is 38.3 Å². The van der Waals surface area contributed by atoms with E-state index in [1.165, 1.54) is 58.5 Å². The van der Waals surface area contributed by atoms with Gasteiger partial charge in [0.1, 0.15) is 0 Å². The zero-order valence-electron chi connectivity index (χ0n) is 13.9. The van der Waals surface area contributed by atoms with Gasteiger partial charge in [0, 0.05) is 5.92 Å². The molecule has 0 saturated heterocycles. The fourth-order valence-corrected chi connectivity index (χ4v) is 2.58. The Labute approximate surface area is 125 Å². The Bertz CT molecular complexity index is 205. The van der Waals surface area contributed by atoms with Crippen molar-refractivity contribution in [3.05, 3.63) is 0 Å². The maximum Gasteiger partial charge on any atom is 0.246 e. The van der Waals surface area contributed by atoms with E-state index in [9.17, 15) is 4.79 Å². The molecule has 0 aliphatic rings. The number of hydrogen-bond acceptors (Lipinski definition) is 2. The monoisotopic (exact) mass is 285 g/mol. The first kappa shape index (κ1) is 19.4. The van der Waals surface area contributed by atoms with Crippen LogP contribution in [-0.2, 0) is 9.63 Å². The average molecular weight is 285 g/mol. The normalized spacial score (nSPS) is 11.0. The van der Waals surface area contributed by atoms with Gasteiger partial charge in [-0.25, -0.2) is 5.48 Å². The SMILES string of the molecule is CCCCCCCC(CCCCCCC)C(=O)NOC. The van der Waals surface area contributed by atoms with Crippen LogP contribution in [0.1, 0.15) is 90.9 Å². The van der Waals surface area contributed by atoms with Gasteiger partial charge in [-0.3, -0.25) is 9.63 Å². The molecule has 0 aliphatic carbocycles. The molecule has 0 radical (unpaired) electrons. The fraction of sp³-hybridized carbons (Fsp3) is 0.941. The van der Waals surface area contributed by atoms with Crippen LogP contribution < -0.4 is 5.48 Å². The summed E-state index contributed by atoms with van der Waals surface area (Å²) in [6.45, 7) is 4.45. The fourth-order valence-electron chi connectivity index (χ4n) is 2.58. The van der Waals surface area contributed by atoms with Gasteiger partial charge in [-0.1, -0.05) is 78.1 Å². The van der Waals surface area contributed by atoms with Gasteiger partial charge in [-0.15, -0.1) is 0 Å². The highest BCUT2D eigenvalue weighted by molar-refractivity contribution is 5.77. The van der Waals surface area contributed by atoms with Crippen LogP contribution in [0.3, 0.4) is 0 Å². The first-order valence-electron chi connectivity index (χ1n) is 8.59. The Morgan fingerprint density at radius 1 is 0.850 bits per heavy atom. The quantitative estimate of drug-likeness (QED) is 0.360. The predicted octanol–water partition coefficient (Wildman–Crippen LogP) is 5.00. The van der Waals surface area contributed by atoms with Gasteiger partial charge < -0.3 is 0 Å². The molecule has 3 nitrogen and oxygen atoms in total. The Kier molecular flexibility index (Phi) is 14.4. The van der Waals surface area contributed by atoms with Crippen molar-refractivity contribution in [2.24, 2.45) is 5.92 Å². The van der Waals surface area contributed by atoms with Crippen LogP contribution in [0.15, 0.2) is 0 Å². The van der Waals surface area contributed by atoms with E-state index in [-0.39, 0.29) is 11.8 Å². The Hall–Kier alpha value is -0.570. The van der Waals surface area contributed by atoms with Crippen molar-refractivity contribution in [1.29, 1.82) is 0 Å². The maximum atomic E-state index is 11.9. The van der Waals surface area contributed by atoms with Crippen molar-refractivity contribution in [3.63, 3.8) is 0 Å². The Morgan fingerprint density at radius 2 is 1.30 bits per heavy atom. The minimum atomic E-state index is 0.0680. The van der Waals surface area contributed by atoms with Gasteiger partial charge in [-0.2, -0.15) is 0 Å². The van der Waals surface area contributed by atoms with Gasteiger partial charge in [-0.05, 0) is 12.8 Å². The standard InChI is InChI=1S/C17H35NO2/c1-4-6-8-10-12-14-16(17(19)18-20-3)15-13-11-9-7-5-2/h16H,4-15H2,1-3H3,(H,18,19). The summed E-state index contributed by atoms with van der Waals surface area (Å²) in [5, 5.41) is 0. The summed E-state index contributed by atoms with van der Waals surface area (Å²) in [6.07, 6.45) is 14.6. The third-order valence-electron chi connectivity index (χ3n) is 3.89. The van der Waals surface area contributed by atoms with E-state index in [4.69, 9.17) is 4.84 Å². The zero-order chi connectivity index (χ0) is 15.1. The lowest BCUT2D eigenvalue weighted by Gasteiger charge is -2.15. The summed E-state index contributed by atoms with van der Waals surface area (Å²) in [7, 11) is 1.51. The number of unbranched alkanes of at least 4 members (excludes halogenated alkanes) is 8. The molecule has 3 heteroatoms. The highest BCUT2D eigenvalue weighted by Gasteiger charge is 2.17. The number of carbonyl (C=O) groups excluding carboxylic acids is 1. The number of rotatable bonds is 14. The van der Waals surface area contributed by atoms with Crippen LogP contribution in [0.5, 0.6) is 0 Å². The minimum Gasteiger partial charge on any atom is -0.277 e. The van der Waals surface area contributed by atoms with Gasteiger partial charge in [0.05, 0.1) is 7.11 Å². The summed E-state index contributed by atoms with van der Waals surface area (Å²) in [6, 6.07) is 0. The van der Waals surface area contributed by atoms with E-state index in [0.717, 1.165) is 25.7 Å². The van der Waals surface area contributed by atoms with E-state index in [1.54, 1.807) is 0 Å². The number of hydrogen-bond donors (Lipinski definition) is 1. The molecule has 0 aliphatic heterocycles. The van der Waals surface area contributed by atoms with E-state index in [1.807, 2.05) is 0 Å². The zero-order valence-corrected chi connectivity index (χ0v) is 13.9. The van der Waals surface area contributed by atoms with Crippen LogP contribution in [-0.4, -0.2) is 13.0 Å². The lowest BCUT2D eigenvalue weighted by molar-refractivity contribution is -0.136. The summed E-state index contributed by atoms with van der Waals surface area (Å²) < 4.78 is 0. The molecule has 0 rings (SSSR count). The molecule has 1 N–H and O–H groups in total. The predicted molar refractivity (Wildman–Crippen MR) is 85.4 cm³/mol. The highest BCUT2D eigenvalue weighted by atomic mass is 16.6. The molecule has 1 amide bonds. The van der Waals surface area contributed by atoms with Crippen LogP contribution in [0.4, 0.5) is 0 Å². The first-order valence-corrected chi connectivity index (χ1v) is 8.59. The Balaban J connectivity index is 3.85. The summed E-state index contributed by atoms with van der Waals surface area (Å²) in [5.74, 6) is 0.205. The summed E-state index contributed by atoms with van der Waals surface area (Å²) >= 11 is 0. The van der Waals surface area contributed by atoms with Crippen molar-refractivity contribution in [3.8, 4) is 0 Å². The second-order valence-corrected chi connectivity index (χ2v) is 5.77. The van der Waals surface area contributed by atoms with E-state index < -0.39 is 0 Å². The summed E-state index contributed by atoms with van der Waals surface area (Å²) in [5.41, 5.74) is 2.51. The van der Waals surface area contributed by atoms with E-state index >= 15 is 0 Å². The second-order valence-electron chi connectivity index (χ2n) is 5.77. The molecule has 0 saturated carbocycles. The minimum absolute atomic E-state index is 0.0680. The molecule has 0 unspecified atom stereocenters. The smallest absolute Gasteiger partial charge is 0.246 e. The lowest BCUT2D eigenvalue weighted by atomic mass is 9.93. The van der Waals surface area contributed by atoms with Gasteiger partial charge in [0.15, 0.2) is 0 Å². The van der Waals surface area contributed by atoms with Crippen molar-refractivity contribution in [1.82, 2.24) is 5.48 Å². The molecule has 0 bridgehead atoms. The van der Waals surface area contributed by atoms with Gasteiger partial charge >= 0.3 is 0 Å². The van der Waals surface area contributed by atoms with E-state index in [0.29, 0.717) is 0 Å². The molecule has 120 valence electrons. The molecule has 0 aromatic rings. The van der Waals surface area contributed by atoms with Crippen molar-refractivity contribution in [2.45, 2.75) is 90.9 Å². The molecule has 0 aromatic heterocycles. The lowest BCUT2D eigenvalue weighted by Crippen LogP contribution is -2.29. The van der Waals surface area contributed by atoms with Crippen molar-refractivity contribution in [2.75, 3.05) is 7.11 Å². The van der Waals surface area contributed by atoms with Gasteiger partial charge in [0.2, 0.25) is 5.91 Å². The molecule has 20 heavy (non-hydrogen) atoms. The third-order valence-corrected chi connectivity index (χ3v) is 3.89. The van der Waals surface area contributed by atoms with Crippen LogP contribution in [0, 0.1) is 5.92 Å². The van der Waals surface area contributed by atoms with Crippen LogP contribution >= 0.6 is 0 Å². The molecule has 0 heterocycles. The third kappa shape index (κ3) is 11.3. The summed E-state index contributed by atoms with van der Waals surface area (Å²) in [4.78, 5) is 16.7. The highest BCUT2D eigenvalue weighted by Crippen LogP contribution is 2.19. The van der Waals surface area contributed by atoms with Gasteiger partial charge in [0.25, 0.3) is 0 Å². The number of hydroxylamine groups is 1. The molecular formula is C17H35NO2. The molecule has 0 aromatic carbocycles. The largest absolute Gasteiger partial charge is 0.277 e. The van der Waals surface area contributed by atoms with Crippen molar-refractivity contribution >= 4 is 5.91 Å². The second kappa shape index (κ2) is 14.8.